The zero-order valence-corrected chi connectivity index (χ0v) is 24.8. The Morgan fingerprint density at radius 3 is 2.56 bits per heavy atom. The monoisotopic (exact) mass is 577 g/mol. The van der Waals surface area contributed by atoms with E-state index in [1.807, 2.05) is 25.2 Å². The third-order valence-electron chi connectivity index (χ3n) is 10.2. The lowest BCUT2D eigenvalue weighted by Gasteiger charge is -2.28. The minimum atomic E-state index is -3.67. The Balaban J connectivity index is 1.48. The molecule has 0 bridgehead atoms. The number of nitrogens with zero attached hydrogens (tertiary/aromatic N) is 3. The third-order valence-corrected chi connectivity index (χ3v) is 12.9. The molecule has 41 heavy (non-hydrogen) atoms. The molecule has 0 spiro atoms. The van der Waals surface area contributed by atoms with Crippen molar-refractivity contribution in [1.29, 1.82) is 0 Å². The molecule has 3 aromatic rings. The second-order valence-electron chi connectivity index (χ2n) is 12.6. The Morgan fingerprint density at radius 1 is 1.00 bits per heavy atom. The number of carbonyl (C=O) groups is 1. The average Bonchev–Trinajstić information content (AvgIpc) is 3.70. The molecule has 2 unspecified atom stereocenters. The van der Waals surface area contributed by atoms with E-state index in [-0.39, 0.29) is 11.5 Å². The highest BCUT2D eigenvalue weighted by atomic mass is 32.2. The van der Waals surface area contributed by atoms with Crippen LogP contribution in [0.25, 0.3) is 22.2 Å². The molecule has 8 nitrogen and oxygen atoms in total. The Kier molecular flexibility index (Phi) is 6.48. The van der Waals surface area contributed by atoms with Crippen LogP contribution in [-0.4, -0.2) is 78.3 Å². The van der Waals surface area contributed by atoms with Crippen molar-refractivity contribution in [3.05, 3.63) is 53.1 Å². The Morgan fingerprint density at radius 2 is 1.80 bits per heavy atom. The molecule has 3 heterocycles. The van der Waals surface area contributed by atoms with Crippen LogP contribution in [0.4, 0.5) is 0 Å². The minimum absolute atomic E-state index is 0.143. The van der Waals surface area contributed by atoms with E-state index in [2.05, 4.69) is 15.5 Å². The fraction of sp³-hybridized carbons (Fsp3) is 0.531. The van der Waals surface area contributed by atoms with Gasteiger partial charge < -0.3 is 19.3 Å². The van der Waals surface area contributed by atoms with Crippen LogP contribution in [0.3, 0.4) is 0 Å². The van der Waals surface area contributed by atoms with Gasteiger partial charge in [-0.2, -0.15) is 0 Å². The molecule has 2 atom stereocenters. The number of fused-ring (bicyclic) bond motifs is 7. The number of aromatic nitrogens is 1. The summed E-state index contributed by atoms with van der Waals surface area (Å²) in [6, 6.07) is 11.6. The van der Waals surface area contributed by atoms with Crippen molar-refractivity contribution >= 4 is 26.9 Å². The van der Waals surface area contributed by atoms with Gasteiger partial charge in [-0.15, -0.1) is 0 Å². The number of rotatable bonds is 5. The van der Waals surface area contributed by atoms with E-state index in [9.17, 15) is 18.3 Å². The predicted octanol–water partition coefficient (Wildman–Crippen LogP) is 5.27. The predicted molar refractivity (Wildman–Crippen MR) is 159 cm³/mol. The van der Waals surface area contributed by atoms with Crippen molar-refractivity contribution in [2.75, 3.05) is 40.3 Å². The molecule has 9 heteroatoms. The van der Waals surface area contributed by atoms with Crippen LogP contribution in [0.2, 0.25) is 0 Å². The highest BCUT2D eigenvalue weighted by Crippen LogP contribution is 2.64. The lowest BCUT2D eigenvalue weighted by atomic mass is 9.81. The van der Waals surface area contributed by atoms with Gasteiger partial charge in [0.1, 0.15) is 10.5 Å². The lowest BCUT2D eigenvalue weighted by molar-refractivity contribution is 0.0697. The highest BCUT2D eigenvalue weighted by Gasteiger charge is 2.67. The van der Waals surface area contributed by atoms with E-state index in [4.69, 9.17) is 4.74 Å². The summed E-state index contributed by atoms with van der Waals surface area (Å²) in [5.74, 6) is -0.0253. The van der Waals surface area contributed by atoms with E-state index in [0.717, 1.165) is 65.8 Å². The summed E-state index contributed by atoms with van der Waals surface area (Å²) in [4.78, 5) is 14.3. The Labute approximate surface area is 241 Å². The highest BCUT2D eigenvalue weighted by molar-refractivity contribution is 7.90. The van der Waals surface area contributed by atoms with Crippen LogP contribution in [0.1, 0.15) is 78.3 Å². The summed E-state index contributed by atoms with van der Waals surface area (Å²) >= 11 is 0. The van der Waals surface area contributed by atoms with Gasteiger partial charge in [0.15, 0.2) is 0 Å². The van der Waals surface area contributed by atoms with Gasteiger partial charge in [0, 0.05) is 48.6 Å². The van der Waals surface area contributed by atoms with Crippen LogP contribution in [0, 0.1) is 0 Å². The fourth-order valence-electron chi connectivity index (χ4n) is 7.95. The summed E-state index contributed by atoms with van der Waals surface area (Å²) in [5.41, 5.74) is 5.50. The number of hydrogen-bond donors (Lipinski definition) is 1. The number of hydrogen-bond acceptors (Lipinski definition) is 5. The average molecular weight is 578 g/mol. The topological polar surface area (TPSA) is 92.1 Å². The third kappa shape index (κ3) is 4.14. The maximum Gasteiger partial charge on any atom is 0.335 e. The summed E-state index contributed by atoms with van der Waals surface area (Å²) in [5, 5.41) is 11.0. The molecular weight excluding hydrogens is 538 g/mol. The van der Waals surface area contributed by atoms with Gasteiger partial charge >= 0.3 is 5.97 Å². The Hall–Kier alpha value is -2.88. The molecule has 7 rings (SSSR count). The Bertz CT molecular complexity index is 1640. The molecule has 0 amide bonds. The number of ether oxygens (including phenoxy) is 1. The standard InChI is InChI=1S/C32H39N3O5S/c1-33-13-6-14-34(16-15-33)41(38,39)32-19-27(32)26-18-23(40-2)10-12-24(26)30-29(21-7-4-3-5-8-21)25-11-9-22(31(36)37)17-28(25)35(30)20-32/h9-12,17-18,21,27H,3-8,13-16,19-20H2,1-2H3,(H,36,37). The second-order valence-corrected chi connectivity index (χ2v) is 14.8. The van der Waals surface area contributed by atoms with Gasteiger partial charge in [0.05, 0.1) is 18.4 Å². The maximum absolute atomic E-state index is 14.7. The first-order valence-electron chi connectivity index (χ1n) is 15.0. The molecule has 1 aromatic heterocycles. The molecule has 1 N–H and O–H groups in total. The molecular formula is C32H39N3O5S. The zero-order chi connectivity index (χ0) is 28.5. The summed E-state index contributed by atoms with van der Waals surface area (Å²) < 4.78 is 38.0. The molecule has 3 fully saturated rings. The molecule has 1 saturated heterocycles. The SMILES string of the molecule is COc1ccc2c(c1)C1CC1(S(=O)(=O)N1CCCN(C)CC1)Cn1c-2c(C2CCCCC2)c2ccc(C(=O)O)cc21. The van der Waals surface area contributed by atoms with Gasteiger partial charge in [0.2, 0.25) is 10.0 Å². The van der Waals surface area contributed by atoms with E-state index in [0.29, 0.717) is 32.0 Å². The van der Waals surface area contributed by atoms with Crippen molar-refractivity contribution in [1.82, 2.24) is 13.8 Å². The molecule has 2 aliphatic carbocycles. The van der Waals surface area contributed by atoms with Crippen molar-refractivity contribution in [3.63, 3.8) is 0 Å². The number of aromatic carboxylic acids is 1. The number of benzene rings is 2. The summed E-state index contributed by atoms with van der Waals surface area (Å²) in [6.45, 7) is 2.95. The minimum Gasteiger partial charge on any atom is -0.497 e. The molecule has 2 saturated carbocycles. The summed E-state index contributed by atoms with van der Waals surface area (Å²) in [7, 11) is 0.0352. The van der Waals surface area contributed by atoms with Crippen molar-refractivity contribution < 1.29 is 23.1 Å². The van der Waals surface area contributed by atoms with Gasteiger partial charge in [0.25, 0.3) is 0 Å². The second kappa shape index (κ2) is 9.85. The first-order chi connectivity index (χ1) is 19.7. The largest absolute Gasteiger partial charge is 0.497 e. The van der Waals surface area contributed by atoms with E-state index in [1.165, 1.54) is 24.8 Å². The quantitative estimate of drug-likeness (QED) is 0.444. The smallest absolute Gasteiger partial charge is 0.335 e. The van der Waals surface area contributed by atoms with Gasteiger partial charge in [-0.1, -0.05) is 25.3 Å². The number of likely N-dealkylation sites (N-methyl/N-ethyl adjacent to an activating group) is 1. The van der Waals surface area contributed by atoms with Crippen molar-refractivity contribution in [3.8, 4) is 17.0 Å². The van der Waals surface area contributed by atoms with Crippen molar-refractivity contribution in [2.24, 2.45) is 0 Å². The maximum atomic E-state index is 14.7. The van der Waals surface area contributed by atoms with Crippen LogP contribution >= 0.6 is 0 Å². The molecule has 4 aliphatic rings. The van der Waals surface area contributed by atoms with Crippen LogP contribution < -0.4 is 4.74 Å². The lowest BCUT2D eigenvalue weighted by Crippen LogP contribution is -2.44. The van der Waals surface area contributed by atoms with E-state index >= 15 is 0 Å². The van der Waals surface area contributed by atoms with Crippen LogP contribution in [-0.2, 0) is 16.6 Å². The van der Waals surface area contributed by atoms with E-state index in [1.54, 1.807) is 23.5 Å². The molecule has 2 aliphatic heterocycles. The number of sulfonamides is 1. The first-order valence-corrected chi connectivity index (χ1v) is 16.4. The zero-order valence-electron chi connectivity index (χ0n) is 23.9. The van der Waals surface area contributed by atoms with Crippen LogP contribution in [0.5, 0.6) is 5.75 Å². The van der Waals surface area contributed by atoms with Crippen LogP contribution in [0.15, 0.2) is 36.4 Å². The normalized spacial score (nSPS) is 25.6. The number of carboxylic acid groups (broad SMARTS) is 1. The number of carboxylic acids is 1. The summed E-state index contributed by atoms with van der Waals surface area (Å²) in [6.07, 6.45) is 7.12. The molecule has 2 aromatic carbocycles. The molecule has 0 radical (unpaired) electrons. The first kappa shape index (κ1) is 27.0. The van der Waals surface area contributed by atoms with Crippen molar-refractivity contribution in [2.45, 2.75) is 68.1 Å². The van der Waals surface area contributed by atoms with Gasteiger partial charge in [-0.05, 0) is 86.7 Å². The molecule has 218 valence electrons. The fourth-order valence-corrected chi connectivity index (χ4v) is 10.3. The van der Waals surface area contributed by atoms with E-state index < -0.39 is 20.7 Å². The number of methoxy groups -OCH3 is 1. The van der Waals surface area contributed by atoms with Gasteiger partial charge in [-0.3, -0.25) is 0 Å². The van der Waals surface area contributed by atoms with Gasteiger partial charge in [-0.25, -0.2) is 17.5 Å².